The summed E-state index contributed by atoms with van der Waals surface area (Å²) in [6.07, 6.45) is 0. The molecule has 0 radical (unpaired) electrons. The Labute approximate surface area is 122 Å². The fourth-order valence-corrected chi connectivity index (χ4v) is 1.81. The largest absolute Gasteiger partial charge is 0.464 e. The van der Waals surface area contributed by atoms with Crippen molar-refractivity contribution in [2.45, 2.75) is 13.8 Å². The Morgan fingerprint density at radius 2 is 2.10 bits per heavy atom. The molecule has 0 aliphatic heterocycles. The van der Waals surface area contributed by atoms with Crippen LogP contribution < -0.4 is 20.9 Å². The Morgan fingerprint density at radius 3 is 2.71 bits per heavy atom. The van der Waals surface area contributed by atoms with Gasteiger partial charge in [0.1, 0.15) is 5.82 Å². The van der Waals surface area contributed by atoms with E-state index >= 15 is 0 Å². The number of hydrogen-bond donors (Lipinski definition) is 2. The number of rotatable bonds is 6. The maximum atomic E-state index is 13.4. The van der Waals surface area contributed by atoms with Crippen LogP contribution in [-0.4, -0.2) is 28.1 Å². The van der Waals surface area contributed by atoms with Crippen molar-refractivity contribution in [2.24, 2.45) is 5.84 Å². The number of nitrogens with two attached hydrogens (primary N) is 1. The molecule has 0 aliphatic rings. The number of halogens is 1. The lowest BCUT2D eigenvalue weighted by Crippen LogP contribution is -2.21. The van der Waals surface area contributed by atoms with Gasteiger partial charge in [0.2, 0.25) is 11.9 Å². The number of hydrazine groups is 1. The molecule has 1 heterocycles. The maximum absolute atomic E-state index is 13.4. The molecule has 21 heavy (non-hydrogen) atoms. The molecule has 1 aromatic carbocycles. The molecule has 3 N–H and O–H groups in total. The summed E-state index contributed by atoms with van der Waals surface area (Å²) in [6.45, 7) is 4.69. The third-order valence-electron chi connectivity index (χ3n) is 2.68. The summed E-state index contributed by atoms with van der Waals surface area (Å²) in [4.78, 5) is 14.1. The predicted octanol–water partition coefficient (Wildman–Crippen LogP) is 1.85. The van der Waals surface area contributed by atoms with E-state index in [0.717, 1.165) is 0 Å². The average Bonchev–Trinajstić information content (AvgIpc) is 2.48. The fourth-order valence-electron chi connectivity index (χ4n) is 1.81. The van der Waals surface area contributed by atoms with Crippen LogP contribution in [0.15, 0.2) is 24.3 Å². The number of nitrogens with one attached hydrogen (secondary N) is 1. The zero-order chi connectivity index (χ0) is 15.2. The van der Waals surface area contributed by atoms with Crippen LogP contribution in [0.2, 0.25) is 0 Å². The Bertz CT molecular complexity index is 609. The highest BCUT2D eigenvalue weighted by atomic mass is 19.1. The second-order valence-electron chi connectivity index (χ2n) is 4.04. The van der Waals surface area contributed by atoms with Gasteiger partial charge in [0, 0.05) is 12.2 Å². The lowest BCUT2D eigenvalue weighted by atomic mass is 10.3. The van der Waals surface area contributed by atoms with Gasteiger partial charge in [-0.2, -0.15) is 15.0 Å². The van der Waals surface area contributed by atoms with E-state index in [-0.39, 0.29) is 17.8 Å². The van der Waals surface area contributed by atoms with Gasteiger partial charge in [0.15, 0.2) is 0 Å². The first-order valence-electron chi connectivity index (χ1n) is 6.56. The number of nitrogens with zero attached hydrogens (tertiary/aromatic N) is 4. The van der Waals surface area contributed by atoms with Crippen molar-refractivity contribution in [3.63, 3.8) is 0 Å². The van der Waals surface area contributed by atoms with Crippen molar-refractivity contribution >= 4 is 17.6 Å². The maximum Gasteiger partial charge on any atom is 0.323 e. The van der Waals surface area contributed by atoms with Gasteiger partial charge in [-0.15, -0.1) is 0 Å². The summed E-state index contributed by atoms with van der Waals surface area (Å²) in [6, 6.07) is 6.34. The Kier molecular flexibility index (Phi) is 4.83. The lowest BCUT2D eigenvalue weighted by molar-refractivity contribution is 0.312. The van der Waals surface area contributed by atoms with Crippen LogP contribution in [0.5, 0.6) is 6.01 Å². The molecule has 0 saturated carbocycles. The van der Waals surface area contributed by atoms with E-state index in [1.54, 1.807) is 17.0 Å². The number of benzene rings is 1. The molecule has 0 atom stereocenters. The zero-order valence-corrected chi connectivity index (χ0v) is 11.9. The minimum Gasteiger partial charge on any atom is -0.464 e. The van der Waals surface area contributed by atoms with Crippen molar-refractivity contribution in [1.82, 2.24) is 15.0 Å². The first-order valence-corrected chi connectivity index (χ1v) is 6.56. The third-order valence-corrected chi connectivity index (χ3v) is 2.68. The molecule has 0 unspecified atom stereocenters. The summed E-state index contributed by atoms with van der Waals surface area (Å²) < 4.78 is 18.7. The first kappa shape index (κ1) is 14.9. The minimum absolute atomic E-state index is 0.158. The van der Waals surface area contributed by atoms with Gasteiger partial charge in [-0.25, -0.2) is 10.2 Å². The van der Waals surface area contributed by atoms with Crippen LogP contribution in [0.25, 0.3) is 0 Å². The summed E-state index contributed by atoms with van der Waals surface area (Å²) >= 11 is 0. The fraction of sp³-hybridized carbons (Fsp3) is 0.308. The van der Waals surface area contributed by atoms with Crippen LogP contribution in [0.4, 0.5) is 22.0 Å². The number of ether oxygens (including phenoxy) is 1. The summed E-state index contributed by atoms with van der Waals surface area (Å²) in [5.74, 6) is 5.53. The molecule has 7 nitrogen and oxygen atoms in total. The van der Waals surface area contributed by atoms with Gasteiger partial charge in [0.05, 0.1) is 6.61 Å². The third kappa shape index (κ3) is 3.54. The molecule has 0 bridgehead atoms. The zero-order valence-electron chi connectivity index (χ0n) is 11.9. The Morgan fingerprint density at radius 1 is 1.29 bits per heavy atom. The smallest absolute Gasteiger partial charge is 0.323 e. The van der Waals surface area contributed by atoms with Crippen molar-refractivity contribution < 1.29 is 9.13 Å². The van der Waals surface area contributed by atoms with Gasteiger partial charge in [-0.1, -0.05) is 6.07 Å². The molecule has 1 aromatic heterocycles. The molecule has 0 spiro atoms. The van der Waals surface area contributed by atoms with Crippen LogP contribution in [-0.2, 0) is 0 Å². The summed E-state index contributed by atoms with van der Waals surface area (Å²) in [7, 11) is 0. The highest BCUT2D eigenvalue weighted by Crippen LogP contribution is 2.24. The standard InChI is InChI=1S/C13H17FN6O/c1-3-20(10-7-5-6-9(14)8-10)12-16-11(19-15)17-13(18-12)21-4-2/h5-8H,3-4,15H2,1-2H3,(H,16,17,18,19). The van der Waals surface area contributed by atoms with E-state index in [1.165, 1.54) is 12.1 Å². The predicted molar refractivity (Wildman–Crippen MR) is 77.9 cm³/mol. The number of anilines is 3. The van der Waals surface area contributed by atoms with Crippen LogP contribution >= 0.6 is 0 Å². The number of nitrogen functional groups attached to an aromatic ring is 1. The van der Waals surface area contributed by atoms with Crippen molar-refractivity contribution in [3.05, 3.63) is 30.1 Å². The van der Waals surface area contributed by atoms with Crippen molar-refractivity contribution in [1.29, 1.82) is 0 Å². The topological polar surface area (TPSA) is 89.2 Å². The van der Waals surface area contributed by atoms with Crippen LogP contribution in [0.1, 0.15) is 13.8 Å². The molecule has 2 rings (SSSR count). The van der Waals surface area contributed by atoms with E-state index < -0.39 is 0 Å². The second-order valence-corrected chi connectivity index (χ2v) is 4.04. The van der Waals surface area contributed by atoms with Gasteiger partial charge in [0.25, 0.3) is 0 Å². The highest BCUT2D eigenvalue weighted by molar-refractivity contribution is 5.58. The lowest BCUT2D eigenvalue weighted by Gasteiger charge is -2.21. The number of aromatic nitrogens is 3. The van der Waals surface area contributed by atoms with E-state index in [4.69, 9.17) is 10.6 Å². The van der Waals surface area contributed by atoms with E-state index in [2.05, 4.69) is 20.4 Å². The van der Waals surface area contributed by atoms with Crippen molar-refractivity contribution in [3.8, 4) is 6.01 Å². The second kappa shape index (κ2) is 6.80. The van der Waals surface area contributed by atoms with Gasteiger partial charge in [-0.3, -0.25) is 5.43 Å². The Hall–Kier alpha value is -2.48. The molecule has 2 aromatic rings. The van der Waals surface area contributed by atoms with E-state index in [9.17, 15) is 4.39 Å². The van der Waals surface area contributed by atoms with Crippen molar-refractivity contribution in [2.75, 3.05) is 23.5 Å². The Balaban J connectivity index is 2.43. The molecule has 0 aliphatic carbocycles. The molecule has 8 heteroatoms. The number of hydrogen-bond acceptors (Lipinski definition) is 7. The summed E-state index contributed by atoms with van der Waals surface area (Å²) in [5, 5.41) is 0. The van der Waals surface area contributed by atoms with Gasteiger partial charge in [-0.05, 0) is 32.0 Å². The molecule has 0 saturated heterocycles. The summed E-state index contributed by atoms with van der Waals surface area (Å²) in [5.41, 5.74) is 3.00. The SMILES string of the molecule is CCOc1nc(NN)nc(N(CC)c2cccc(F)c2)n1. The van der Waals surface area contributed by atoms with Gasteiger partial charge >= 0.3 is 6.01 Å². The van der Waals surface area contributed by atoms with Gasteiger partial charge < -0.3 is 9.64 Å². The molecular formula is C13H17FN6O. The molecule has 112 valence electrons. The monoisotopic (exact) mass is 292 g/mol. The quantitative estimate of drug-likeness (QED) is 0.620. The van der Waals surface area contributed by atoms with E-state index in [0.29, 0.717) is 24.8 Å². The minimum atomic E-state index is -0.331. The molecule has 0 fully saturated rings. The normalized spacial score (nSPS) is 10.3. The molecule has 0 amide bonds. The molecular weight excluding hydrogens is 275 g/mol. The van der Waals surface area contributed by atoms with E-state index in [1.807, 2.05) is 13.8 Å². The highest BCUT2D eigenvalue weighted by Gasteiger charge is 2.15. The first-order chi connectivity index (χ1) is 10.2. The van der Waals surface area contributed by atoms with Crippen LogP contribution in [0, 0.1) is 5.82 Å². The van der Waals surface area contributed by atoms with Crippen LogP contribution in [0.3, 0.4) is 0 Å². The average molecular weight is 292 g/mol.